The average Bonchev–Trinajstić information content (AvgIpc) is 2.78. The van der Waals surface area contributed by atoms with Gasteiger partial charge in [-0.15, -0.1) is 0 Å². The fraction of sp³-hybridized carbons (Fsp3) is 0.667. The number of ether oxygens (including phenoxy) is 2. The number of nitrogens with one attached hydrogen (secondary N) is 1. The summed E-state index contributed by atoms with van der Waals surface area (Å²) in [6.45, 7) is 3.69. The molecule has 0 aliphatic carbocycles. The lowest BCUT2D eigenvalue weighted by atomic mass is 10.1. The molecular formula is C12H19NO5. The Balaban J connectivity index is 2.93. The van der Waals surface area contributed by atoms with Crippen LogP contribution in [-0.4, -0.2) is 42.9 Å². The molecule has 6 nitrogen and oxygen atoms in total. The smallest absolute Gasteiger partial charge is 0.347 e. The van der Waals surface area contributed by atoms with Gasteiger partial charge in [-0.05, 0) is 26.7 Å². The molecule has 0 aromatic heterocycles. The van der Waals surface area contributed by atoms with Crippen molar-refractivity contribution in [2.24, 2.45) is 0 Å². The van der Waals surface area contributed by atoms with Crippen molar-refractivity contribution in [3.63, 3.8) is 0 Å². The molecule has 0 saturated carbocycles. The lowest BCUT2D eigenvalue weighted by Crippen LogP contribution is -2.28. The fourth-order valence-electron chi connectivity index (χ4n) is 1.78. The minimum Gasteiger partial charge on any atom is -0.462 e. The maximum Gasteiger partial charge on any atom is 0.347 e. The molecule has 0 amide bonds. The Kier molecular flexibility index (Phi) is 5.64. The summed E-state index contributed by atoms with van der Waals surface area (Å²) in [6, 6.07) is -0.126. The second kappa shape index (κ2) is 7.00. The normalized spacial score (nSPS) is 18.2. The van der Waals surface area contributed by atoms with Gasteiger partial charge in [-0.2, -0.15) is 0 Å². The van der Waals surface area contributed by atoms with Crippen molar-refractivity contribution in [2.45, 2.75) is 32.7 Å². The summed E-state index contributed by atoms with van der Waals surface area (Å²) < 4.78 is 9.71. The highest BCUT2D eigenvalue weighted by Crippen LogP contribution is 2.20. The zero-order valence-corrected chi connectivity index (χ0v) is 10.7. The van der Waals surface area contributed by atoms with Gasteiger partial charge in [-0.1, -0.05) is 0 Å². The number of aliphatic hydroxyl groups excluding tert-OH is 1. The minimum absolute atomic E-state index is 0.0393. The zero-order valence-electron chi connectivity index (χ0n) is 10.7. The molecule has 0 aromatic rings. The van der Waals surface area contributed by atoms with E-state index in [9.17, 15) is 9.59 Å². The Morgan fingerprint density at radius 1 is 1.28 bits per heavy atom. The number of rotatable bonds is 5. The number of carbonyl (C=O) groups excluding carboxylic acids is 2. The molecule has 2 N–H and O–H groups in total. The van der Waals surface area contributed by atoms with Gasteiger partial charge in [0, 0.05) is 11.7 Å². The summed E-state index contributed by atoms with van der Waals surface area (Å²) in [5.74, 6) is -1.37. The standard InChI is InChI=1S/C12H19NO5/c1-3-17-11(15)10(12(16)18-4-2)9-6-5-8(7-14)13-9/h8,13-14H,3-7H2,1-2H3/t8-/m0/s1. The van der Waals surface area contributed by atoms with Crippen LogP contribution in [0.3, 0.4) is 0 Å². The van der Waals surface area contributed by atoms with Crippen LogP contribution >= 0.6 is 0 Å². The molecule has 0 radical (unpaired) electrons. The molecule has 0 bridgehead atoms. The lowest BCUT2D eigenvalue weighted by Gasteiger charge is -2.11. The first-order chi connectivity index (χ1) is 8.63. The van der Waals surface area contributed by atoms with Gasteiger partial charge in [0.2, 0.25) is 0 Å². The Labute approximate surface area is 106 Å². The third-order valence-electron chi connectivity index (χ3n) is 2.60. The third kappa shape index (κ3) is 3.46. The van der Waals surface area contributed by atoms with Crippen LogP contribution in [0.4, 0.5) is 0 Å². The number of hydrogen-bond donors (Lipinski definition) is 2. The Morgan fingerprint density at radius 2 is 1.83 bits per heavy atom. The number of aliphatic hydroxyl groups is 1. The van der Waals surface area contributed by atoms with Crippen LogP contribution in [0.1, 0.15) is 26.7 Å². The molecular weight excluding hydrogens is 238 g/mol. The Morgan fingerprint density at radius 3 is 2.22 bits per heavy atom. The first kappa shape index (κ1) is 14.5. The highest BCUT2D eigenvalue weighted by Gasteiger charge is 2.30. The molecule has 1 aliphatic heterocycles. The average molecular weight is 257 g/mol. The summed E-state index contributed by atoms with van der Waals surface area (Å²) in [7, 11) is 0. The fourth-order valence-corrected chi connectivity index (χ4v) is 1.78. The van der Waals surface area contributed by atoms with Crippen molar-refractivity contribution in [3.8, 4) is 0 Å². The highest BCUT2D eigenvalue weighted by molar-refractivity contribution is 6.14. The van der Waals surface area contributed by atoms with E-state index in [2.05, 4.69) is 5.32 Å². The number of carbonyl (C=O) groups is 2. The van der Waals surface area contributed by atoms with Crippen molar-refractivity contribution in [1.29, 1.82) is 0 Å². The zero-order chi connectivity index (χ0) is 13.5. The van der Waals surface area contributed by atoms with Crippen molar-refractivity contribution in [2.75, 3.05) is 19.8 Å². The van der Waals surface area contributed by atoms with Crippen LogP contribution in [0.2, 0.25) is 0 Å². The second-order valence-electron chi connectivity index (χ2n) is 3.86. The molecule has 18 heavy (non-hydrogen) atoms. The summed E-state index contributed by atoms with van der Waals surface area (Å²) in [4.78, 5) is 23.5. The predicted octanol–water partition coefficient (Wildman–Crippen LogP) is 0.111. The summed E-state index contributed by atoms with van der Waals surface area (Å²) in [5, 5.41) is 12.0. The van der Waals surface area contributed by atoms with E-state index in [1.165, 1.54) is 0 Å². The van der Waals surface area contributed by atoms with Crippen LogP contribution in [0.25, 0.3) is 0 Å². The number of allylic oxidation sites excluding steroid dienone is 1. The summed E-state index contributed by atoms with van der Waals surface area (Å²) in [6.07, 6.45) is 1.20. The summed E-state index contributed by atoms with van der Waals surface area (Å²) >= 11 is 0. The van der Waals surface area contributed by atoms with E-state index in [0.717, 1.165) is 0 Å². The van der Waals surface area contributed by atoms with E-state index in [4.69, 9.17) is 14.6 Å². The molecule has 1 aliphatic rings. The van der Waals surface area contributed by atoms with Crippen molar-refractivity contribution in [3.05, 3.63) is 11.3 Å². The van der Waals surface area contributed by atoms with Crippen molar-refractivity contribution in [1.82, 2.24) is 5.32 Å². The van der Waals surface area contributed by atoms with E-state index in [0.29, 0.717) is 18.5 Å². The molecule has 0 aromatic carbocycles. The molecule has 6 heteroatoms. The first-order valence-electron chi connectivity index (χ1n) is 6.08. The number of esters is 2. The molecule has 0 unspecified atom stereocenters. The van der Waals surface area contributed by atoms with E-state index < -0.39 is 11.9 Å². The molecule has 1 heterocycles. The van der Waals surface area contributed by atoms with Crippen LogP contribution in [0.5, 0.6) is 0 Å². The third-order valence-corrected chi connectivity index (χ3v) is 2.60. The van der Waals surface area contributed by atoms with Gasteiger partial charge in [0.05, 0.1) is 19.8 Å². The summed E-state index contributed by atoms with van der Waals surface area (Å²) in [5.41, 5.74) is 0.403. The molecule has 1 atom stereocenters. The lowest BCUT2D eigenvalue weighted by molar-refractivity contribution is -0.146. The minimum atomic E-state index is -0.683. The molecule has 102 valence electrons. The largest absolute Gasteiger partial charge is 0.462 e. The van der Waals surface area contributed by atoms with E-state index >= 15 is 0 Å². The quantitative estimate of drug-likeness (QED) is 0.315. The number of hydrogen-bond acceptors (Lipinski definition) is 6. The van der Waals surface area contributed by atoms with Crippen LogP contribution < -0.4 is 5.32 Å². The predicted molar refractivity (Wildman–Crippen MR) is 63.5 cm³/mol. The van der Waals surface area contributed by atoms with Gasteiger partial charge in [0.1, 0.15) is 0 Å². The molecule has 1 rings (SSSR count). The molecule has 1 saturated heterocycles. The van der Waals surface area contributed by atoms with Crippen LogP contribution in [0.15, 0.2) is 11.3 Å². The van der Waals surface area contributed by atoms with E-state index in [1.807, 2.05) is 0 Å². The highest BCUT2D eigenvalue weighted by atomic mass is 16.6. The Hall–Kier alpha value is -1.56. The molecule has 1 fully saturated rings. The first-order valence-corrected chi connectivity index (χ1v) is 6.08. The van der Waals surface area contributed by atoms with E-state index in [1.54, 1.807) is 13.8 Å². The van der Waals surface area contributed by atoms with Gasteiger partial charge >= 0.3 is 11.9 Å². The van der Waals surface area contributed by atoms with Gasteiger partial charge in [-0.3, -0.25) is 0 Å². The van der Waals surface area contributed by atoms with Gasteiger partial charge in [0.25, 0.3) is 0 Å². The maximum atomic E-state index is 11.8. The SMILES string of the molecule is CCOC(=O)C(C(=O)OCC)=C1CC[C@@H](CO)N1. The second-order valence-corrected chi connectivity index (χ2v) is 3.86. The van der Waals surface area contributed by atoms with Gasteiger partial charge in [-0.25, -0.2) is 9.59 Å². The Bertz CT molecular complexity index is 330. The van der Waals surface area contributed by atoms with Gasteiger partial charge in [0.15, 0.2) is 5.57 Å². The van der Waals surface area contributed by atoms with Gasteiger partial charge < -0.3 is 19.9 Å². The monoisotopic (exact) mass is 257 g/mol. The topological polar surface area (TPSA) is 84.9 Å². The van der Waals surface area contributed by atoms with Crippen LogP contribution in [0, 0.1) is 0 Å². The van der Waals surface area contributed by atoms with Crippen molar-refractivity contribution >= 4 is 11.9 Å². The van der Waals surface area contributed by atoms with E-state index in [-0.39, 0.29) is 31.4 Å². The van der Waals surface area contributed by atoms with Crippen molar-refractivity contribution < 1.29 is 24.2 Å². The molecule has 0 spiro atoms. The van der Waals surface area contributed by atoms with Crippen LogP contribution in [-0.2, 0) is 19.1 Å². The maximum absolute atomic E-state index is 11.8.